The molecule has 0 saturated carbocycles. The average Bonchev–Trinajstić information content (AvgIpc) is 2.66. The van der Waals surface area contributed by atoms with Gasteiger partial charge in [0.1, 0.15) is 11.9 Å². The molecule has 2 unspecified atom stereocenters. The number of primary amides is 1. The van der Waals surface area contributed by atoms with Crippen LogP contribution in [0.15, 0.2) is 23.0 Å². The Bertz CT molecular complexity index is 1030. The molecule has 154 valence electrons. The van der Waals surface area contributed by atoms with E-state index in [9.17, 15) is 19.2 Å². The molecule has 0 spiro atoms. The molecule has 0 aliphatic carbocycles. The molecule has 8 nitrogen and oxygen atoms in total. The Morgan fingerprint density at radius 2 is 2.07 bits per heavy atom. The molecule has 1 saturated heterocycles. The molecule has 1 fully saturated rings. The molecule has 1 aliphatic heterocycles. The van der Waals surface area contributed by atoms with Gasteiger partial charge in [0, 0.05) is 6.42 Å². The second-order valence-electron chi connectivity index (χ2n) is 7.49. The van der Waals surface area contributed by atoms with Crippen LogP contribution in [0.5, 0.6) is 0 Å². The van der Waals surface area contributed by atoms with Gasteiger partial charge in [-0.1, -0.05) is 38.3 Å². The molecular weight excluding hydrogens is 372 g/mol. The molecule has 0 bridgehead atoms. The minimum Gasteiger partial charge on any atom is -0.369 e. The number of nitrogens with one attached hydrogen (secondary N) is 1. The predicted molar refractivity (Wildman–Crippen MR) is 108 cm³/mol. The van der Waals surface area contributed by atoms with Crippen molar-refractivity contribution in [3.63, 3.8) is 0 Å². The van der Waals surface area contributed by atoms with Crippen molar-refractivity contribution in [2.24, 2.45) is 5.73 Å². The zero-order chi connectivity index (χ0) is 21.1. The van der Waals surface area contributed by atoms with Crippen molar-refractivity contribution >= 4 is 28.6 Å². The van der Waals surface area contributed by atoms with Crippen molar-refractivity contribution in [2.45, 2.75) is 64.3 Å². The number of hydrogen-bond acceptors (Lipinski definition) is 5. The molecule has 3 amide bonds. The number of aryl methyl sites for hydroxylation is 1. The van der Waals surface area contributed by atoms with Crippen molar-refractivity contribution in [2.75, 3.05) is 0 Å². The number of unbranched alkanes of at least 4 members (excludes halogenated alkanes) is 2. The van der Waals surface area contributed by atoms with E-state index in [4.69, 9.17) is 5.73 Å². The summed E-state index contributed by atoms with van der Waals surface area (Å²) < 4.78 is 1.33. The Morgan fingerprint density at radius 1 is 1.31 bits per heavy atom. The van der Waals surface area contributed by atoms with E-state index < -0.39 is 23.8 Å². The van der Waals surface area contributed by atoms with E-state index in [2.05, 4.69) is 17.2 Å². The molecule has 0 radical (unpaired) electrons. The van der Waals surface area contributed by atoms with Crippen LogP contribution in [0.25, 0.3) is 10.9 Å². The first-order chi connectivity index (χ1) is 13.8. The number of rotatable bonds is 7. The lowest BCUT2D eigenvalue weighted by molar-refractivity contribution is -0.135. The first-order valence-electron chi connectivity index (χ1n) is 9.99. The topological polar surface area (TPSA) is 124 Å². The van der Waals surface area contributed by atoms with Crippen LogP contribution in [-0.2, 0) is 14.4 Å². The number of piperidine rings is 1. The molecule has 1 aromatic carbocycles. The van der Waals surface area contributed by atoms with E-state index in [1.165, 1.54) is 4.57 Å². The average molecular weight is 398 g/mol. The maximum atomic E-state index is 13.5. The number of carbonyl (C=O) groups is 3. The van der Waals surface area contributed by atoms with E-state index >= 15 is 0 Å². The molecule has 3 rings (SSSR count). The normalized spacial score (nSPS) is 17.9. The quantitative estimate of drug-likeness (QED) is 0.544. The van der Waals surface area contributed by atoms with Crippen LogP contribution in [0.2, 0.25) is 0 Å². The molecule has 29 heavy (non-hydrogen) atoms. The Labute approximate surface area is 168 Å². The molecule has 2 atom stereocenters. The molecule has 2 aromatic rings. The van der Waals surface area contributed by atoms with Gasteiger partial charge >= 0.3 is 0 Å². The van der Waals surface area contributed by atoms with Crippen LogP contribution in [-0.4, -0.2) is 27.3 Å². The summed E-state index contributed by atoms with van der Waals surface area (Å²) in [7, 11) is 0. The second kappa shape index (κ2) is 8.55. The van der Waals surface area contributed by atoms with Gasteiger partial charge in [0.2, 0.25) is 17.7 Å². The number of nitrogens with zero attached hydrogens (tertiary/aromatic N) is 2. The third-order valence-electron chi connectivity index (χ3n) is 5.48. The van der Waals surface area contributed by atoms with E-state index in [0.717, 1.165) is 19.3 Å². The van der Waals surface area contributed by atoms with Gasteiger partial charge < -0.3 is 5.73 Å². The SMILES string of the molecule is CCCCCC(C(N)=O)c1cccc2nc(C)n(C3CCC(=O)NC3=O)c(=O)c12. The molecular formula is C21H26N4O4. The minimum absolute atomic E-state index is 0.156. The number of hydrogen-bond donors (Lipinski definition) is 2. The van der Waals surface area contributed by atoms with Crippen molar-refractivity contribution in [1.82, 2.24) is 14.9 Å². The van der Waals surface area contributed by atoms with Gasteiger partial charge in [-0.15, -0.1) is 0 Å². The fourth-order valence-corrected chi connectivity index (χ4v) is 4.01. The van der Waals surface area contributed by atoms with E-state index in [1.54, 1.807) is 25.1 Å². The number of fused-ring (bicyclic) bond motifs is 1. The van der Waals surface area contributed by atoms with Crippen LogP contribution in [0.3, 0.4) is 0 Å². The fourth-order valence-electron chi connectivity index (χ4n) is 4.01. The van der Waals surface area contributed by atoms with E-state index in [1.807, 2.05) is 0 Å². The fraction of sp³-hybridized carbons (Fsp3) is 0.476. The zero-order valence-electron chi connectivity index (χ0n) is 16.7. The van der Waals surface area contributed by atoms with Crippen LogP contribution < -0.4 is 16.6 Å². The van der Waals surface area contributed by atoms with Gasteiger partial charge in [-0.05, 0) is 31.4 Å². The lowest BCUT2D eigenvalue weighted by atomic mass is 9.90. The minimum atomic E-state index is -0.808. The van der Waals surface area contributed by atoms with Crippen LogP contribution in [0.1, 0.15) is 68.8 Å². The number of nitrogens with two attached hydrogens (primary N) is 1. The Hall–Kier alpha value is -3.03. The Balaban J connectivity index is 2.16. The second-order valence-corrected chi connectivity index (χ2v) is 7.49. The van der Waals surface area contributed by atoms with Gasteiger partial charge in [-0.2, -0.15) is 0 Å². The van der Waals surface area contributed by atoms with Crippen molar-refractivity contribution in [3.05, 3.63) is 39.9 Å². The molecule has 2 heterocycles. The van der Waals surface area contributed by atoms with Gasteiger partial charge in [0.05, 0.1) is 16.8 Å². The standard InChI is InChI=1S/C21H26N4O4/c1-3-4-5-7-14(19(22)27)13-8-6-9-15-18(13)21(29)25(12(2)23-15)16-10-11-17(26)24-20(16)28/h6,8-9,14,16H,3-5,7,10-11H2,1-2H3,(H2,22,27)(H,24,26,28). The molecule has 8 heteroatoms. The first-order valence-corrected chi connectivity index (χ1v) is 9.99. The lowest BCUT2D eigenvalue weighted by Gasteiger charge is -2.25. The van der Waals surface area contributed by atoms with Crippen LogP contribution in [0, 0.1) is 6.92 Å². The number of imide groups is 1. The number of carbonyl (C=O) groups excluding carboxylic acids is 3. The smallest absolute Gasteiger partial charge is 0.262 e. The monoisotopic (exact) mass is 398 g/mol. The lowest BCUT2D eigenvalue weighted by Crippen LogP contribution is -2.45. The van der Waals surface area contributed by atoms with Gasteiger partial charge in [0.15, 0.2) is 0 Å². The predicted octanol–water partition coefficient (Wildman–Crippen LogP) is 1.83. The van der Waals surface area contributed by atoms with Crippen LogP contribution in [0.4, 0.5) is 0 Å². The van der Waals surface area contributed by atoms with Gasteiger partial charge in [-0.3, -0.25) is 29.1 Å². The highest BCUT2D eigenvalue weighted by Crippen LogP contribution is 2.28. The third kappa shape index (κ3) is 4.06. The Morgan fingerprint density at radius 3 is 2.72 bits per heavy atom. The molecule has 1 aromatic heterocycles. The summed E-state index contributed by atoms with van der Waals surface area (Å²) in [5.74, 6) is -1.56. The summed E-state index contributed by atoms with van der Waals surface area (Å²) >= 11 is 0. The summed E-state index contributed by atoms with van der Waals surface area (Å²) in [6.07, 6.45) is 3.73. The Kier molecular flexibility index (Phi) is 6.10. The van der Waals surface area contributed by atoms with Crippen molar-refractivity contribution < 1.29 is 14.4 Å². The third-order valence-corrected chi connectivity index (χ3v) is 5.48. The van der Waals surface area contributed by atoms with Crippen LogP contribution >= 0.6 is 0 Å². The van der Waals surface area contributed by atoms with E-state index in [0.29, 0.717) is 28.7 Å². The summed E-state index contributed by atoms with van der Waals surface area (Å²) in [6.45, 7) is 3.73. The summed E-state index contributed by atoms with van der Waals surface area (Å²) in [6, 6.07) is 4.40. The molecule has 3 N–H and O–H groups in total. The highest BCUT2D eigenvalue weighted by Gasteiger charge is 2.31. The number of aromatic nitrogens is 2. The largest absolute Gasteiger partial charge is 0.369 e. The first kappa shape index (κ1) is 20.7. The zero-order valence-corrected chi connectivity index (χ0v) is 16.7. The van der Waals surface area contributed by atoms with E-state index in [-0.39, 0.29) is 24.3 Å². The molecule has 1 aliphatic rings. The van der Waals surface area contributed by atoms with Gasteiger partial charge in [0.25, 0.3) is 5.56 Å². The summed E-state index contributed by atoms with van der Waals surface area (Å²) in [4.78, 5) is 54.0. The summed E-state index contributed by atoms with van der Waals surface area (Å²) in [5, 5.41) is 2.59. The highest BCUT2D eigenvalue weighted by molar-refractivity contribution is 5.99. The van der Waals surface area contributed by atoms with Crippen molar-refractivity contribution in [1.29, 1.82) is 0 Å². The summed E-state index contributed by atoms with van der Waals surface area (Å²) in [5.41, 5.74) is 6.29. The maximum Gasteiger partial charge on any atom is 0.262 e. The number of amides is 3. The number of benzene rings is 1. The maximum absolute atomic E-state index is 13.5. The van der Waals surface area contributed by atoms with Crippen molar-refractivity contribution in [3.8, 4) is 0 Å². The van der Waals surface area contributed by atoms with Gasteiger partial charge in [-0.25, -0.2) is 4.98 Å². The highest BCUT2D eigenvalue weighted by atomic mass is 16.2.